The van der Waals surface area contributed by atoms with E-state index in [-0.39, 0.29) is 51.3 Å². The number of amides is 1. The Morgan fingerprint density at radius 1 is 0.796 bits per heavy atom. The maximum atomic E-state index is 14.7. The first kappa shape index (κ1) is 41.8. The molecular formula is C47H72FNO4S. The van der Waals surface area contributed by atoms with Crippen molar-refractivity contribution in [3.05, 3.63) is 42.2 Å². The Morgan fingerprint density at radius 3 is 2.15 bits per heavy atom. The van der Waals surface area contributed by atoms with Crippen LogP contribution in [0, 0.1) is 62.5 Å². The maximum Gasteiger partial charge on any atom is 0.303 e. The summed E-state index contributed by atoms with van der Waals surface area (Å²) < 4.78 is 13.7. The molecule has 5 fully saturated rings. The standard InChI is InChI=1S/C47H72FNO4S/c1-32(31-54-34-18-16-33(48)17-19-34)35-22-27-47(42(53)49-30-14-12-10-8-7-9-11-13-15-40(51)52)29-28-45(5)36(41(35)47)20-21-38-44(4)25-24-39(50)43(2,3)37(44)23-26-46(38,45)6/h16-19,35-39,41,50H,1,7-15,20-31H2,2-6H3,(H,49,53)(H,51,52)/t35-,36+,37-,38+,39-,41+,44-,45+,46+,47-/m0/s1. The summed E-state index contributed by atoms with van der Waals surface area (Å²) in [6.07, 6.45) is 19.3. The molecule has 5 aliphatic rings. The molecule has 0 aliphatic heterocycles. The van der Waals surface area contributed by atoms with Gasteiger partial charge in [-0.05, 0) is 153 Å². The molecule has 54 heavy (non-hydrogen) atoms. The second-order valence-corrected chi connectivity index (χ2v) is 21.0. The second-order valence-electron chi connectivity index (χ2n) is 20.0. The second kappa shape index (κ2) is 16.5. The SMILES string of the molecule is C=C(CSc1ccc(F)cc1)[C@@H]1CC[C@]2(C(=O)NCCCCCCCCCCC(=O)O)CC[C@]3(C)[C@H](CC[C@@H]4[C@@]5(C)CC[C@H](O)C(C)(C)[C@@H]5CC[C@]43C)[C@@H]12. The molecule has 7 heteroatoms. The van der Waals surface area contributed by atoms with E-state index in [4.69, 9.17) is 11.7 Å². The number of hydrogen-bond acceptors (Lipinski definition) is 4. The van der Waals surface area contributed by atoms with E-state index in [9.17, 15) is 19.1 Å². The van der Waals surface area contributed by atoms with Gasteiger partial charge in [0.1, 0.15) is 5.82 Å². The molecular weight excluding hydrogens is 694 g/mol. The van der Waals surface area contributed by atoms with Crippen LogP contribution < -0.4 is 5.32 Å². The first-order valence-corrected chi connectivity index (χ1v) is 22.8. The third kappa shape index (κ3) is 7.61. The number of hydrogen-bond donors (Lipinski definition) is 3. The van der Waals surface area contributed by atoms with E-state index in [1.807, 2.05) is 12.1 Å². The summed E-state index contributed by atoms with van der Waals surface area (Å²) in [5.74, 6) is 2.39. The highest BCUT2D eigenvalue weighted by Gasteiger charge is 2.72. The number of unbranched alkanes of at least 4 members (excludes halogenated alkanes) is 7. The fraction of sp³-hybridized carbons (Fsp3) is 0.787. The summed E-state index contributed by atoms with van der Waals surface area (Å²) in [4.78, 5) is 26.5. The van der Waals surface area contributed by atoms with Gasteiger partial charge in [0.25, 0.3) is 0 Å². The molecule has 0 spiro atoms. The number of carboxylic acids is 1. The average Bonchev–Trinajstić information content (AvgIpc) is 3.53. The number of rotatable bonds is 16. The first-order chi connectivity index (χ1) is 25.6. The number of carbonyl (C=O) groups excluding carboxylic acids is 1. The van der Waals surface area contributed by atoms with Gasteiger partial charge in [0, 0.05) is 23.6 Å². The molecule has 1 aromatic rings. The molecule has 302 valence electrons. The van der Waals surface area contributed by atoms with Crippen LogP contribution >= 0.6 is 11.8 Å². The van der Waals surface area contributed by atoms with Gasteiger partial charge in [-0.1, -0.05) is 85.3 Å². The minimum atomic E-state index is -0.701. The summed E-state index contributed by atoms with van der Waals surface area (Å²) in [6, 6.07) is 6.81. The smallest absolute Gasteiger partial charge is 0.303 e. The third-order valence-corrected chi connectivity index (χ3v) is 18.4. The van der Waals surface area contributed by atoms with Crippen LogP contribution in [-0.2, 0) is 9.59 Å². The topological polar surface area (TPSA) is 86.6 Å². The number of carbonyl (C=O) groups is 2. The van der Waals surface area contributed by atoms with Crippen molar-refractivity contribution in [2.24, 2.45) is 56.7 Å². The van der Waals surface area contributed by atoms with Crippen LogP contribution in [0.3, 0.4) is 0 Å². The van der Waals surface area contributed by atoms with Crippen molar-refractivity contribution < 1.29 is 24.2 Å². The number of fused-ring (bicyclic) bond motifs is 7. The summed E-state index contributed by atoms with van der Waals surface area (Å²) in [6.45, 7) is 18.0. The first-order valence-electron chi connectivity index (χ1n) is 21.8. The fourth-order valence-corrected chi connectivity index (χ4v) is 15.0. The van der Waals surface area contributed by atoms with Crippen LogP contribution in [0.25, 0.3) is 0 Å². The lowest BCUT2D eigenvalue weighted by molar-refractivity contribution is -0.246. The number of thioether (sulfide) groups is 1. The molecule has 5 aliphatic carbocycles. The lowest BCUT2D eigenvalue weighted by Gasteiger charge is -2.72. The van der Waals surface area contributed by atoms with E-state index in [1.54, 1.807) is 11.8 Å². The number of nitrogens with one attached hydrogen (secondary N) is 1. The molecule has 0 heterocycles. The van der Waals surface area contributed by atoms with Gasteiger partial charge in [-0.2, -0.15) is 0 Å². The predicted molar refractivity (Wildman–Crippen MR) is 219 cm³/mol. The Kier molecular flexibility index (Phi) is 12.8. The molecule has 1 aromatic carbocycles. The zero-order valence-corrected chi connectivity index (χ0v) is 35.1. The number of aliphatic carboxylic acids is 1. The van der Waals surface area contributed by atoms with E-state index in [0.717, 1.165) is 101 Å². The molecule has 0 bridgehead atoms. The van der Waals surface area contributed by atoms with Gasteiger partial charge in [0.05, 0.1) is 11.5 Å². The number of benzene rings is 1. The van der Waals surface area contributed by atoms with Crippen molar-refractivity contribution in [1.82, 2.24) is 5.32 Å². The predicted octanol–water partition coefficient (Wildman–Crippen LogP) is 11.6. The largest absolute Gasteiger partial charge is 0.481 e. The molecule has 5 saturated carbocycles. The lowest BCUT2D eigenvalue weighted by atomic mass is 9.32. The van der Waals surface area contributed by atoms with Crippen LogP contribution in [0.2, 0.25) is 0 Å². The van der Waals surface area contributed by atoms with Crippen molar-refractivity contribution in [3.8, 4) is 0 Å². The molecule has 1 amide bonds. The van der Waals surface area contributed by atoms with Gasteiger partial charge in [0.15, 0.2) is 0 Å². The minimum absolute atomic E-state index is 0.0638. The molecule has 5 nitrogen and oxygen atoms in total. The van der Waals surface area contributed by atoms with Gasteiger partial charge in [-0.15, -0.1) is 11.8 Å². The fourth-order valence-electron chi connectivity index (χ4n) is 14.1. The number of aliphatic hydroxyl groups excluding tert-OH is 1. The van der Waals surface area contributed by atoms with Gasteiger partial charge in [0.2, 0.25) is 5.91 Å². The Morgan fingerprint density at radius 2 is 1.46 bits per heavy atom. The van der Waals surface area contributed by atoms with Gasteiger partial charge in [-0.3, -0.25) is 9.59 Å². The van der Waals surface area contributed by atoms with Crippen LogP contribution in [0.5, 0.6) is 0 Å². The van der Waals surface area contributed by atoms with Crippen LogP contribution in [-0.4, -0.2) is 40.5 Å². The van der Waals surface area contributed by atoms with Crippen molar-refractivity contribution in [1.29, 1.82) is 0 Å². The van der Waals surface area contributed by atoms with Crippen LogP contribution in [0.1, 0.15) is 157 Å². The van der Waals surface area contributed by atoms with Gasteiger partial charge in [-0.25, -0.2) is 4.39 Å². The van der Waals surface area contributed by atoms with Crippen molar-refractivity contribution in [2.75, 3.05) is 12.3 Å². The summed E-state index contributed by atoms with van der Waals surface area (Å²) in [5.41, 5.74) is 1.39. The van der Waals surface area contributed by atoms with Crippen LogP contribution in [0.4, 0.5) is 4.39 Å². The van der Waals surface area contributed by atoms with E-state index in [0.29, 0.717) is 29.6 Å². The third-order valence-electron chi connectivity index (χ3n) is 17.2. The Labute approximate surface area is 330 Å². The maximum absolute atomic E-state index is 14.7. The highest BCUT2D eigenvalue weighted by atomic mass is 32.2. The minimum Gasteiger partial charge on any atom is -0.481 e. The molecule has 0 radical (unpaired) electrons. The number of halogens is 1. The molecule has 0 unspecified atom stereocenters. The normalized spacial score (nSPS) is 38.1. The number of carboxylic acid groups (broad SMARTS) is 1. The number of aliphatic hydroxyl groups is 1. The van der Waals surface area contributed by atoms with Crippen molar-refractivity contribution in [3.63, 3.8) is 0 Å². The van der Waals surface area contributed by atoms with E-state index in [2.05, 4.69) is 39.9 Å². The Hall–Kier alpha value is -1.86. The van der Waals surface area contributed by atoms with Crippen molar-refractivity contribution >= 4 is 23.6 Å². The summed E-state index contributed by atoms with van der Waals surface area (Å²) >= 11 is 1.75. The van der Waals surface area contributed by atoms with E-state index in [1.165, 1.54) is 49.8 Å². The quantitative estimate of drug-likeness (QED) is 0.0886. The molecule has 6 rings (SSSR count). The van der Waals surface area contributed by atoms with Gasteiger partial charge < -0.3 is 15.5 Å². The zero-order valence-electron chi connectivity index (χ0n) is 34.3. The average molecular weight is 766 g/mol. The van der Waals surface area contributed by atoms with E-state index < -0.39 is 5.97 Å². The van der Waals surface area contributed by atoms with Crippen LogP contribution in [0.15, 0.2) is 41.3 Å². The molecule has 3 N–H and O–H groups in total. The lowest BCUT2D eigenvalue weighted by Crippen LogP contribution is -2.67. The highest BCUT2D eigenvalue weighted by Crippen LogP contribution is 2.77. The molecule has 10 atom stereocenters. The van der Waals surface area contributed by atoms with Gasteiger partial charge >= 0.3 is 5.97 Å². The summed E-state index contributed by atoms with van der Waals surface area (Å²) in [5, 5.41) is 23.5. The Bertz CT molecular complexity index is 1500. The highest BCUT2D eigenvalue weighted by molar-refractivity contribution is 7.99. The summed E-state index contributed by atoms with van der Waals surface area (Å²) in [7, 11) is 0. The molecule has 0 saturated heterocycles. The van der Waals surface area contributed by atoms with E-state index >= 15 is 0 Å². The Balaban J connectivity index is 1.17. The van der Waals surface area contributed by atoms with Crippen molar-refractivity contribution in [2.45, 2.75) is 168 Å². The zero-order chi connectivity index (χ0) is 38.9. The molecule has 0 aromatic heterocycles. The monoisotopic (exact) mass is 766 g/mol.